The lowest BCUT2D eigenvalue weighted by Gasteiger charge is -2.10. The summed E-state index contributed by atoms with van der Waals surface area (Å²) in [5.74, 6) is -0.283. The Morgan fingerprint density at radius 2 is 2.29 bits per heavy atom. The number of aliphatic hydroxyl groups is 1. The van der Waals surface area contributed by atoms with Crippen LogP contribution in [0, 0.1) is 5.82 Å². The molecule has 0 aliphatic carbocycles. The Kier molecular flexibility index (Phi) is 4.51. The Labute approximate surface area is 91.3 Å². The van der Waals surface area contributed by atoms with Gasteiger partial charge in [0.2, 0.25) is 0 Å². The van der Waals surface area contributed by atoms with E-state index in [0.717, 1.165) is 0 Å². The molecule has 14 heavy (non-hydrogen) atoms. The van der Waals surface area contributed by atoms with E-state index < -0.39 is 6.10 Å². The summed E-state index contributed by atoms with van der Waals surface area (Å²) in [7, 11) is 1.75. The first kappa shape index (κ1) is 11.6. The molecule has 0 aliphatic heterocycles. The molecule has 0 heterocycles. The summed E-state index contributed by atoms with van der Waals surface area (Å²) >= 11 is 3.18. The fourth-order valence-electron chi connectivity index (χ4n) is 1.25. The predicted octanol–water partition coefficient (Wildman–Crippen LogP) is 1.71. The topological polar surface area (TPSA) is 32.3 Å². The van der Waals surface area contributed by atoms with E-state index in [0.29, 0.717) is 23.0 Å². The molecular weight excluding hydrogens is 249 g/mol. The van der Waals surface area contributed by atoms with Gasteiger partial charge in [0.1, 0.15) is 5.82 Å². The third kappa shape index (κ3) is 3.36. The zero-order valence-electron chi connectivity index (χ0n) is 7.93. The molecule has 0 spiro atoms. The van der Waals surface area contributed by atoms with Gasteiger partial charge < -0.3 is 10.4 Å². The predicted molar refractivity (Wildman–Crippen MR) is 57.7 cm³/mol. The van der Waals surface area contributed by atoms with Gasteiger partial charge in [-0.2, -0.15) is 0 Å². The molecule has 2 nitrogen and oxygen atoms in total. The van der Waals surface area contributed by atoms with E-state index in [1.807, 2.05) is 0 Å². The molecule has 78 valence electrons. The average molecular weight is 262 g/mol. The third-order valence-electron chi connectivity index (χ3n) is 1.91. The molecule has 1 atom stereocenters. The summed E-state index contributed by atoms with van der Waals surface area (Å²) in [4.78, 5) is 0. The maximum Gasteiger partial charge on any atom is 0.127 e. The third-order valence-corrected chi connectivity index (χ3v) is 2.40. The maximum atomic E-state index is 13.3. The van der Waals surface area contributed by atoms with Crippen LogP contribution in [0.3, 0.4) is 0 Å². The first-order valence-corrected chi connectivity index (χ1v) is 5.19. The molecule has 0 amide bonds. The van der Waals surface area contributed by atoms with Gasteiger partial charge in [-0.1, -0.05) is 22.0 Å². The number of hydrogen-bond acceptors (Lipinski definition) is 2. The van der Waals surface area contributed by atoms with Gasteiger partial charge in [0.05, 0.1) is 6.10 Å². The Balaban J connectivity index is 2.67. The van der Waals surface area contributed by atoms with E-state index in [9.17, 15) is 9.50 Å². The van der Waals surface area contributed by atoms with Crippen LogP contribution < -0.4 is 5.32 Å². The molecule has 0 radical (unpaired) electrons. The molecule has 0 saturated heterocycles. The number of halogens is 2. The standard InChI is InChI=1S/C10H13BrFNO/c1-13-6-9(14)4-7-2-3-8(11)5-10(7)12/h2-3,5,9,13-14H,4,6H2,1H3. The first-order valence-electron chi connectivity index (χ1n) is 4.40. The van der Waals surface area contributed by atoms with Crippen molar-refractivity contribution in [1.82, 2.24) is 5.32 Å². The highest BCUT2D eigenvalue weighted by molar-refractivity contribution is 9.10. The summed E-state index contributed by atoms with van der Waals surface area (Å²) in [6.07, 6.45) is -0.212. The highest BCUT2D eigenvalue weighted by Gasteiger charge is 2.08. The SMILES string of the molecule is CNCC(O)Cc1ccc(Br)cc1F. The molecule has 0 saturated carbocycles. The van der Waals surface area contributed by atoms with Crippen molar-refractivity contribution in [3.8, 4) is 0 Å². The monoisotopic (exact) mass is 261 g/mol. The quantitative estimate of drug-likeness (QED) is 0.865. The largest absolute Gasteiger partial charge is 0.391 e. The van der Waals surface area contributed by atoms with Crippen molar-refractivity contribution in [2.24, 2.45) is 0 Å². The van der Waals surface area contributed by atoms with Gasteiger partial charge in [0.15, 0.2) is 0 Å². The van der Waals surface area contributed by atoms with Crippen molar-refractivity contribution in [1.29, 1.82) is 0 Å². The normalized spacial score (nSPS) is 12.9. The van der Waals surface area contributed by atoms with Gasteiger partial charge in [0.25, 0.3) is 0 Å². The van der Waals surface area contributed by atoms with Crippen LogP contribution in [0.5, 0.6) is 0 Å². The molecule has 1 aromatic carbocycles. The van der Waals surface area contributed by atoms with Gasteiger partial charge in [-0.25, -0.2) is 4.39 Å². The maximum absolute atomic E-state index is 13.3. The Morgan fingerprint density at radius 3 is 2.86 bits per heavy atom. The second-order valence-electron chi connectivity index (χ2n) is 3.15. The van der Waals surface area contributed by atoms with E-state index in [4.69, 9.17) is 0 Å². The number of benzene rings is 1. The number of nitrogens with one attached hydrogen (secondary N) is 1. The molecule has 0 aromatic heterocycles. The molecule has 2 N–H and O–H groups in total. The highest BCUT2D eigenvalue weighted by atomic mass is 79.9. The minimum Gasteiger partial charge on any atom is -0.391 e. The lowest BCUT2D eigenvalue weighted by Crippen LogP contribution is -2.25. The van der Waals surface area contributed by atoms with Gasteiger partial charge in [-0.3, -0.25) is 0 Å². The highest BCUT2D eigenvalue weighted by Crippen LogP contribution is 2.16. The molecule has 1 unspecified atom stereocenters. The number of hydrogen-bond donors (Lipinski definition) is 2. The molecule has 1 rings (SSSR count). The van der Waals surface area contributed by atoms with Crippen LogP contribution in [0.2, 0.25) is 0 Å². The molecule has 0 bridgehead atoms. The zero-order chi connectivity index (χ0) is 10.6. The minimum atomic E-state index is -0.546. The van der Waals surface area contributed by atoms with Crippen molar-refractivity contribution >= 4 is 15.9 Å². The van der Waals surface area contributed by atoms with E-state index >= 15 is 0 Å². The average Bonchev–Trinajstić information content (AvgIpc) is 2.10. The van der Waals surface area contributed by atoms with Crippen LogP contribution in [0.4, 0.5) is 4.39 Å². The minimum absolute atomic E-state index is 0.283. The zero-order valence-corrected chi connectivity index (χ0v) is 9.51. The fourth-order valence-corrected chi connectivity index (χ4v) is 1.58. The first-order chi connectivity index (χ1) is 6.63. The van der Waals surface area contributed by atoms with E-state index in [1.165, 1.54) is 6.07 Å². The molecule has 0 fully saturated rings. The van der Waals surface area contributed by atoms with Crippen molar-refractivity contribution < 1.29 is 9.50 Å². The summed E-state index contributed by atoms with van der Waals surface area (Å²) in [6, 6.07) is 4.85. The molecule has 4 heteroatoms. The van der Waals surface area contributed by atoms with Crippen molar-refractivity contribution in [3.63, 3.8) is 0 Å². The van der Waals surface area contributed by atoms with Crippen molar-refractivity contribution in [3.05, 3.63) is 34.1 Å². The molecule has 1 aromatic rings. The van der Waals surface area contributed by atoms with Crippen LogP contribution in [0.15, 0.2) is 22.7 Å². The summed E-state index contributed by atoms with van der Waals surface area (Å²) in [5, 5.41) is 12.3. The van der Waals surface area contributed by atoms with Crippen molar-refractivity contribution in [2.45, 2.75) is 12.5 Å². The summed E-state index contributed by atoms with van der Waals surface area (Å²) in [5.41, 5.74) is 0.538. The lowest BCUT2D eigenvalue weighted by molar-refractivity contribution is 0.173. The Bertz CT molecular complexity index is 306. The number of aliphatic hydroxyl groups excluding tert-OH is 1. The second-order valence-corrected chi connectivity index (χ2v) is 4.07. The summed E-state index contributed by atoms with van der Waals surface area (Å²) in [6.45, 7) is 0.468. The van der Waals surface area contributed by atoms with Gasteiger partial charge in [0, 0.05) is 17.4 Å². The summed E-state index contributed by atoms with van der Waals surface area (Å²) < 4.78 is 14.0. The van der Waals surface area contributed by atoms with E-state index in [1.54, 1.807) is 19.2 Å². The van der Waals surface area contributed by atoms with E-state index in [-0.39, 0.29) is 5.82 Å². The molecule has 0 aliphatic rings. The van der Waals surface area contributed by atoms with Crippen LogP contribution >= 0.6 is 15.9 Å². The van der Waals surface area contributed by atoms with Crippen molar-refractivity contribution in [2.75, 3.05) is 13.6 Å². The van der Waals surface area contributed by atoms with Crippen LogP contribution in [-0.2, 0) is 6.42 Å². The molecular formula is C10H13BrFNO. The fraction of sp³-hybridized carbons (Fsp3) is 0.400. The smallest absolute Gasteiger partial charge is 0.127 e. The lowest BCUT2D eigenvalue weighted by atomic mass is 10.1. The van der Waals surface area contributed by atoms with Gasteiger partial charge in [-0.05, 0) is 24.7 Å². The van der Waals surface area contributed by atoms with Crippen LogP contribution in [-0.4, -0.2) is 24.8 Å². The number of likely N-dealkylation sites (N-methyl/N-ethyl adjacent to an activating group) is 1. The van der Waals surface area contributed by atoms with Gasteiger partial charge >= 0.3 is 0 Å². The van der Waals surface area contributed by atoms with E-state index in [2.05, 4.69) is 21.2 Å². The van der Waals surface area contributed by atoms with Gasteiger partial charge in [-0.15, -0.1) is 0 Å². The second kappa shape index (κ2) is 5.44. The number of rotatable bonds is 4. The van der Waals surface area contributed by atoms with Crippen LogP contribution in [0.25, 0.3) is 0 Å². The Morgan fingerprint density at radius 1 is 1.57 bits per heavy atom. The van der Waals surface area contributed by atoms with Crippen LogP contribution in [0.1, 0.15) is 5.56 Å². The Hall–Kier alpha value is -0.450.